The molecule has 3 heterocycles. The highest BCUT2D eigenvalue weighted by atomic mass is 79.9. The Balaban J connectivity index is 1.52. The molecule has 0 N–H and O–H groups in total. The summed E-state index contributed by atoms with van der Waals surface area (Å²) in [5.74, 6) is 0.779. The predicted octanol–water partition coefficient (Wildman–Crippen LogP) is 5.18. The fourth-order valence-corrected chi connectivity index (χ4v) is 4.56. The van der Waals surface area contributed by atoms with Crippen LogP contribution in [0.3, 0.4) is 0 Å². The third kappa shape index (κ3) is 3.54. The van der Waals surface area contributed by atoms with Crippen molar-refractivity contribution in [3.05, 3.63) is 67.5 Å². The minimum Gasteiger partial charge on any atom is -0.293 e. The molecule has 0 radical (unpaired) electrons. The minimum absolute atomic E-state index is 0.729. The molecule has 0 atom stereocenters. The van der Waals surface area contributed by atoms with E-state index in [0.717, 1.165) is 42.5 Å². The Kier molecular flexibility index (Phi) is 4.68. The topological polar surface area (TPSA) is 29.0 Å². The van der Waals surface area contributed by atoms with Crippen LogP contribution < -0.4 is 0 Å². The Morgan fingerprint density at radius 1 is 1.17 bits per heavy atom. The van der Waals surface area contributed by atoms with Crippen LogP contribution in [0.25, 0.3) is 11.4 Å². The molecule has 122 valence electrons. The lowest BCUT2D eigenvalue weighted by Crippen LogP contribution is -2.30. The smallest absolute Gasteiger partial charge is 0.159 e. The maximum atomic E-state index is 5.95. The van der Waals surface area contributed by atoms with Crippen LogP contribution in [0.1, 0.15) is 16.1 Å². The molecule has 3 aromatic rings. The quantitative estimate of drug-likeness (QED) is 0.584. The Morgan fingerprint density at radius 2 is 2.00 bits per heavy atom. The summed E-state index contributed by atoms with van der Waals surface area (Å²) < 4.78 is 1.19. The van der Waals surface area contributed by atoms with Crippen molar-refractivity contribution in [1.29, 1.82) is 0 Å². The van der Waals surface area contributed by atoms with E-state index in [2.05, 4.69) is 37.9 Å². The molecule has 1 aromatic carbocycles. The summed E-state index contributed by atoms with van der Waals surface area (Å²) in [5, 5.41) is 0.729. The van der Waals surface area contributed by atoms with Gasteiger partial charge < -0.3 is 0 Å². The van der Waals surface area contributed by atoms with Gasteiger partial charge in [-0.05, 0) is 52.3 Å². The molecular weight excluding hydrogens is 406 g/mol. The van der Waals surface area contributed by atoms with Gasteiger partial charge in [0.2, 0.25) is 0 Å². The van der Waals surface area contributed by atoms with Crippen LogP contribution in [0.15, 0.2) is 46.4 Å². The van der Waals surface area contributed by atoms with E-state index in [1.165, 1.54) is 19.9 Å². The normalized spacial score (nSPS) is 14.6. The van der Waals surface area contributed by atoms with Gasteiger partial charge in [-0.2, -0.15) is 0 Å². The summed E-state index contributed by atoms with van der Waals surface area (Å²) in [6.45, 7) is 2.92. The average molecular weight is 421 g/mol. The van der Waals surface area contributed by atoms with Crippen molar-refractivity contribution in [2.75, 3.05) is 6.54 Å². The molecule has 0 aliphatic carbocycles. The molecule has 3 nitrogen and oxygen atoms in total. The van der Waals surface area contributed by atoms with Gasteiger partial charge in [-0.1, -0.05) is 11.6 Å². The number of aromatic nitrogens is 2. The highest BCUT2D eigenvalue weighted by molar-refractivity contribution is 9.11. The number of halogens is 2. The van der Waals surface area contributed by atoms with Crippen molar-refractivity contribution in [3.8, 4) is 11.4 Å². The molecule has 0 saturated carbocycles. The van der Waals surface area contributed by atoms with Gasteiger partial charge in [-0.3, -0.25) is 4.90 Å². The molecule has 24 heavy (non-hydrogen) atoms. The monoisotopic (exact) mass is 419 g/mol. The number of rotatable bonds is 3. The standard InChI is InChI=1S/C18H15BrClN3S/c19-17-6-5-15(24-17)11-23-8-7-16-13(10-23)9-21-18(22-16)12-1-3-14(20)4-2-12/h1-6,9H,7-8,10-11H2. The van der Waals surface area contributed by atoms with E-state index in [0.29, 0.717) is 0 Å². The first-order valence-corrected chi connectivity index (χ1v) is 9.73. The first kappa shape index (κ1) is 16.2. The van der Waals surface area contributed by atoms with Gasteiger partial charge in [0.25, 0.3) is 0 Å². The molecular formula is C18H15BrClN3S. The molecule has 0 unspecified atom stereocenters. The van der Waals surface area contributed by atoms with Crippen LogP contribution in [0, 0.1) is 0 Å². The average Bonchev–Trinajstić information content (AvgIpc) is 3.00. The molecule has 2 aromatic heterocycles. The van der Waals surface area contributed by atoms with E-state index in [9.17, 15) is 0 Å². The molecule has 0 spiro atoms. The molecule has 0 saturated heterocycles. The number of thiophene rings is 1. The Bertz CT molecular complexity index is 863. The van der Waals surface area contributed by atoms with Crippen molar-refractivity contribution in [2.45, 2.75) is 19.5 Å². The summed E-state index contributed by atoms with van der Waals surface area (Å²) in [5.41, 5.74) is 3.40. The lowest BCUT2D eigenvalue weighted by molar-refractivity contribution is 0.245. The maximum absolute atomic E-state index is 5.95. The third-order valence-electron chi connectivity index (χ3n) is 4.12. The van der Waals surface area contributed by atoms with Crippen LogP contribution in [0.4, 0.5) is 0 Å². The lowest BCUT2D eigenvalue weighted by Gasteiger charge is -2.27. The number of hydrogen-bond donors (Lipinski definition) is 0. The Hall–Kier alpha value is -1.27. The van der Waals surface area contributed by atoms with Crippen LogP contribution >= 0.6 is 38.9 Å². The SMILES string of the molecule is Clc1ccc(-c2ncc3c(n2)CCN(Cc2ccc(Br)s2)C3)cc1. The fourth-order valence-electron chi connectivity index (χ4n) is 2.90. The number of hydrogen-bond acceptors (Lipinski definition) is 4. The van der Waals surface area contributed by atoms with Gasteiger partial charge in [0.15, 0.2) is 5.82 Å². The van der Waals surface area contributed by atoms with Gasteiger partial charge in [-0.25, -0.2) is 9.97 Å². The second-order valence-corrected chi connectivity index (χ2v) is 8.82. The summed E-state index contributed by atoms with van der Waals surface area (Å²) in [7, 11) is 0. The summed E-state index contributed by atoms with van der Waals surface area (Å²) in [4.78, 5) is 13.2. The Morgan fingerprint density at radius 3 is 2.75 bits per heavy atom. The van der Waals surface area contributed by atoms with Crippen molar-refractivity contribution in [2.24, 2.45) is 0 Å². The first-order valence-electron chi connectivity index (χ1n) is 7.75. The van der Waals surface area contributed by atoms with Gasteiger partial charge in [0, 0.05) is 53.3 Å². The molecule has 6 heteroatoms. The molecule has 0 bridgehead atoms. The second-order valence-electron chi connectivity index (χ2n) is 5.84. The van der Waals surface area contributed by atoms with E-state index >= 15 is 0 Å². The maximum Gasteiger partial charge on any atom is 0.159 e. The minimum atomic E-state index is 0.729. The lowest BCUT2D eigenvalue weighted by atomic mass is 10.1. The van der Waals surface area contributed by atoms with Crippen molar-refractivity contribution in [1.82, 2.24) is 14.9 Å². The van der Waals surface area contributed by atoms with Crippen LogP contribution in [0.5, 0.6) is 0 Å². The first-order chi connectivity index (χ1) is 11.7. The van der Waals surface area contributed by atoms with E-state index in [-0.39, 0.29) is 0 Å². The molecule has 1 aliphatic heterocycles. The summed E-state index contributed by atoms with van der Waals surface area (Å²) >= 11 is 11.3. The second kappa shape index (κ2) is 6.92. The predicted molar refractivity (Wildman–Crippen MR) is 102 cm³/mol. The number of nitrogens with zero attached hydrogens (tertiary/aromatic N) is 3. The van der Waals surface area contributed by atoms with Gasteiger partial charge >= 0.3 is 0 Å². The molecule has 1 aliphatic rings. The zero-order valence-corrected chi connectivity index (χ0v) is 16.0. The van der Waals surface area contributed by atoms with Gasteiger partial charge in [-0.15, -0.1) is 11.3 Å². The number of benzene rings is 1. The van der Waals surface area contributed by atoms with Crippen molar-refractivity contribution in [3.63, 3.8) is 0 Å². The molecule has 0 amide bonds. The highest BCUT2D eigenvalue weighted by Crippen LogP contribution is 2.26. The molecule has 0 fully saturated rings. The largest absolute Gasteiger partial charge is 0.293 e. The van der Waals surface area contributed by atoms with Crippen molar-refractivity contribution >= 4 is 38.9 Å². The highest BCUT2D eigenvalue weighted by Gasteiger charge is 2.19. The van der Waals surface area contributed by atoms with Crippen molar-refractivity contribution < 1.29 is 0 Å². The molecule has 4 rings (SSSR count). The van der Waals surface area contributed by atoms with E-state index in [1.807, 2.05) is 30.5 Å². The van der Waals surface area contributed by atoms with Gasteiger partial charge in [0.1, 0.15) is 0 Å². The van der Waals surface area contributed by atoms with Crippen LogP contribution in [-0.2, 0) is 19.5 Å². The number of fused-ring (bicyclic) bond motifs is 1. The fraction of sp³-hybridized carbons (Fsp3) is 0.222. The Labute approximate surface area is 158 Å². The zero-order chi connectivity index (χ0) is 16.5. The third-order valence-corrected chi connectivity index (χ3v) is 5.98. The van der Waals surface area contributed by atoms with Crippen LogP contribution in [-0.4, -0.2) is 21.4 Å². The van der Waals surface area contributed by atoms with E-state index in [4.69, 9.17) is 16.6 Å². The zero-order valence-electron chi connectivity index (χ0n) is 12.9. The van der Waals surface area contributed by atoms with E-state index < -0.39 is 0 Å². The van der Waals surface area contributed by atoms with Crippen LogP contribution in [0.2, 0.25) is 5.02 Å². The summed E-state index contributed by atoms with van der Waals surface area (Å²) in [6, 6.07) is 12.0. The van der Waals surface area contributed by atoms with E-state index in [1.54, 1.807) is 11.3 Å². The van der Waals surface area contributed by atoms with Gasteiger partial charge in [0.05, 0.1) is 9.48 Å². The summed E-state index contributed by atoms with van der Waals surface area (Å²) in [6.07, 6.45) is 2.94.